The zero-order valence-corrected chi connectivity index (χ0v) is 23.1. The van der Waals surface area contributed by atoms with Crippen LogP contribution >= 0.6 is 0 Å². The summed E-state index contributed by atoms with van der Waals surface area (Å²) in [5.41, 5.74) is 2.44. The van der Waals surface area contributed by atoms with E-state index in [-0.39, 0.29) is 11.7 Å². The smallest absolute Gasteiger partial charge is 0.228 e. The molecular formula is C30H41N5O3. The number of amides is 1. The van der Waals surface area contributed by atoms with Crippen molar-refractivity contribution in [2.75, 3.05) is 50.6 Å². The number of nitrogens with zero attached hydrogens (tertiary/aromatic N) is 5. The molecule has 2 aromatic rings. The average Bonchev–Trinajstić information content (AvgIpc) is 3.06. The third-order valence-electron chi connectivity index (χ3n) is 8.66. The van der Waals surface area contributed by atoms with Crippen LogP contribution in [0.4, 0.5) is 11.5 Å². The van der Waals surface area contributed by atoms with E-state index in [1.54, 1.807) is 18.2 Å². The Kier molecular flexibility index (Phi) is 8.27. The number of methoxy groups -OCH3 is 1. The monoisotopic (exact) mass is 519 g/mol. The van der Waals surface area contributed by atoms with Gasteiger partial charge in [0.1, 0.15) is 17.3 Å². The summed E-state index contributed by atoms with van der Waals surface area (Å²) in [6.07, 6.45) is 11.5. The average molecular weight is 520 g/mol. The highest BCUT2D eigenvalue weighted by atomic mass is 16.5. The molecule has 1 aromatic heterocycles. The van der Waals surface area contributed by atoms with Crippen molar-refractivity contribution in [2.24, 2.45) is 5.92 Å². The molecule has 0 unspecified atom stereocenters. The van der Waals surface area contributed by atoms with E-state index >= 15 is 0 Å². The number of ketones is 1. The van der Waals surface area contributed by atoms with E-state index in [9.17, 15) is 9.59 Å². The first-order chi connectivity index (χ1) is 18.4. The lowest BCUT2D eigenvalue weighted by molar-refractivity contribution is -0.118. The van der Waals surface area contributed by atoms with Crippen LogP contribution in [-0.4, -0.2) is 73.4 Å². The maximum absolute atomic E-state index is 13.0. The summed E-state index contributed by atoms with van der Waals surface area (Å²) in [6, 6.07) is 6.18. The van der Waals surface area contributed by atoms with Crippen LogP contribution in [0, 0.1) is 5.92 Å². The number of hydrogen-bond donors (Lipinski definition) is 0. The fourth-order valence-electron chi connectivity index (χ4n) is 6.19. The number of benzene rings is 1. The number of carbonyl (C=O) groups excluding carboxylic acids is 2. The Bertz CT molecular complexity index is 1150. The predicted octanol–water partition coefficient (Wildman–Crippen LogP) is 4.50. The van der Waals surface area contributed by atoms with Gasteiger partial charge in [-0.1, -0.05) is 31.4 Å². The number of fused-ring (bicyclic) bond motifs is 1. The predicted molar refractivity (Wildman–Crippen MR) is 149 cm³/mol. The molecule has 0 spiro atoms. The fraction of sp³-hybridized carbons (Fsp3) is 0.600. The Morgan fingerprint density at radius 1 is 1.05 bits per heavy atom. The van der Waals surface area contributed by atoms with Gasteiger partial charge in [0.15, 0.2) is 11.6 Å². The molecule has 3 aliphatic rings. The molecule has 1 saturated heterocycles. The molecule has 1 amide bonds. The molecule has 3 heterocycles. The molecule has 2 aliphatic heterocycles. The van der Waals surface area contributed by atoms with E-state index in [1.165, 1.54) is 19.3 Å². The van der Waals surface area contributed by atoms with Crippen LogP contribution in [0.5, 0.6) is 5.75 Å². The van der Waals surface area contributed by atoms with Crippen molar-refractivity contribution in [1.29, 1.82) is 0 Å². The number of carbonyl (C=O) groups is 2. The molecule has 0 atom stereocenters. The highest BCUT2D eigenvalue weighted by molar-refractivity contribution is 5.97. The second-order valence-corrected chi connectivity index (χ2v) is 11.3. The van der Waals surface area contributed by atoms with Crippen LogP contribution in [0.2, 0.25) is 0 Å². The number of aromatic nitrogens is 2. The standard InChI is InChI=1S/C30H41N5O3/c1-33-14-11-21(12-15-33)17-26(36)22-9-10-23(27(18-22)38-3)19-28-31-20-25-30(32-28)35(16-13-29(37)34(25)2)24-7-5-4-6-8-24/h9-10,18,20-21,24H,4-8,11-17,19H2,1-3H3. The first-order valence-electron chi connectivity index (χ1n) is 14.2. The van der Waals surface area contributed by atoms with Crippen molar-refractivity contribution in [1.82, 2.24) is 14.9 Å². The summed E-state index contributed by atoms with van der Waals surface area (Å²) < 4.78 is 5.71. The van der Waals surface area contributed by atoms with Crippen molar-refractivity contribution < 1.29 is 14.3 Å². The summed E-state index contributed by atoms with van der Waals surface area (Å²) in [7, 11) is 5.60. The number of likely N-dealkylation sites (tertiary alicyclic amines) is 1. The Labute approximate surface area is 226 Å². The zero-order valence-electron chi connectivity index (χ0n) is 23.1. The first-order valence-corrected chi connectivity index (χ1v) is 14.2. The molecule has 5 rings (SSSR count). The maximum Gasteiger partial charge on any atom is 0.228 e. The number of hydrogen-bond acceptors (Lipinski definition) is 7. The third-order valence-corrected chi connectivity index (χ3v) is 8.66. The molecule has 1 saturated carbocycles. The summed E-state index contributed by atoms with van der Waals surface area (Å²) in [5, 5.41) is 0. The van der Waals surface area contributed by atoms with Crippen LogP contribution in [0.25, 0.3) is 0 Å². The number of piperidine rings is 1. The van der Waals surface area contributed by atoms with E-state index in [0.29, 0.717) is 54.9 Å². The molecule has 1 aliphatic carbocycles. The van der Waals surface area contributed by atoms with Crippen LogP contribution in [0.1, 0.15) is 79.5 Å². The first kappa shape index (κ1) is 26.6. The SMILES string of the molecule is COc1cc(C(=O)CC2CCN(C)CC2)ccc1Cc1ncc2c(n1)N(C1CCCCC1)CCC(=O)N2C. The molecule has 8 heteroatoms. The van der Waals surface area contributed by atoms with E-state index in [0.717, 1.165) is 55.8 Å². The van der Waals surface area contributed by atoms with Crippen LogP contribution in [0.15, 0.2) is 24.4 Å². The normalized spacial score (nSPS) is 19.8. The summed E-state index contributed by atoms with van der Waals surface area (Å²) in [4.78, 5) is 41.8. The van der Waals surface area contributed by atoms with Crippen LogP contribution in [0.3, 0.4) is 0 Å². The van der Waals surface area contributed by atoms with E-state index in [2.05, 4.69) is 21.8 Å². The topological polar surface area (TPSA) is 78.9 Å². The molecule has 0 radical (unpaired) electrons. The van der Waals surface area contributed by atoms with Crippen molar-refractivity contribution in [3.63, 3.8) is 0 Å². The minimum Gasteiger partial charge on any atom is -0.496 e. The lowest BCUT2D eigenvalue weighted by atomic mass is 9.89. The second kappa shape index (κ2) is 11.8. The van der Waals surface area contributed by atoms with Crippen molar-refractivity contribution in [2.45, 2.75) is 70.3 Å². The van der Waals surface area contributed by atoms with Gasteiger partial charge < -0.3 is 19.4 Å². The zero-order chi connectivity index (χ0) is 26.6. The summed E-state index contributed by atoms with van der Waals surface area (Å²) in [6.45, 7) is 2.81. The van der Waals surface area contributed by atoms with Crippen molar-refractivity contribution in [3.8, 4) is 5.75 Å². The molecule has 8 nitrogen and oxygen atoms in total. The highest BCUT2D eigenvalue weighted by Crippen LogP contribution is 2.35. The number of rotatable bonds is 7. The van der Waals surface area contributed by atoms with Gasteiger partial charge in [0.2, 0.25) is 5.91 Å². The Hall–Kier alpha value is -3.00. The Morgan fingerprint density at radius 2 is 1.82 bits per heavy atom. The second-order valence-electron chi connectivity index (χ2n) is 11.3. The van der Waals surface area contributed by atoms with Gasteiger partial charge in [-0.2, -0.15) is 0 Å². The van der Waals surface area contributed by atoms with Crippen LogP contribution < -0.4 is 14.5 Å². The van der Waals surface area contributed by atoms with Crippen molar-refractivity contribution >= 4 is 23.2 Å². The molecule has 38 heavy (non-hydrogen) atoms. The fourth-order valence-corrected chi connectivity index (χ4v) is 6.19. The number of Topliss-reactive ketones (excluding diaryl/α,β-unsaturated/α-hetero) is 1. The van der Waals surface area contributed by atoms with Gasteiger partial charge in [0.05, 0.1) is 13.3 Å². The Morgan fingerprint density at radius 3 is 2.55 bits per heavy atom. The van der Waals surface area contributed by atoms with Gasteiger partial charge >= 0.3 is 0 Å². The summed E-state index contributed by atoms with van der Waals surface area (Å²) >= 11 is 0. The minimum atomic E-state index is 0.100. The van der Waals surface area contributed by atoms with Crippen molar-refractivity contribution in [3.05, 3.63) is 41.3 Å². The molecule has 204 valence electrons. The molecule has 0 N–H and O–H groups in total. The van der Waals surface area contributed by atoms with E-state index in [4.69, 9.17) is 9.72 Å². The number of anilines is 2. The molecular weight excluding hydrogens is 478 g/mol. The summed E-state index contributed by atoms with van der Waals surface area (Å²) in [5.74, 6) is 2.98. The highest BCUT2D eigenvalue weighted by Gasteiger charge is 2.31. The van der Waals surface area contributed by atoms with Crippen LogP contribution in [-0.2, 0) is 11.2 Å². The Balaban J connectivity index is 1.36. The maximum atomic E-state index is 13.0. The van der Waals surface area contributed by atoms with Gasteiger partial charge in [-0.3, -0.25) is 9.59 Å². The van der Waals surface area contributed by atoms with E-state index in [1.807, 2.05) is 25.2 Å². The molecule has 2 fully saturated rings. The van der Waals surface area contributed by atoms with Gasteiger partial charge in [-0.25, -0.2) is 9.97 Å². The lowest BCUT2D eigenvalue weighted by Gasteiger charge is -2.35. The van der Waals surface area contributed by atoms with E-state index < -0.39 is 0 Å². The van der Waals surface area contributed by atoms with Gasteiger partial charge in [0.25, 0.3) is 0 Å². The minimum absolute atomic E-state index is 0.100. The number of ether oxygens (including phenoxy) is 1. The quantitative estimate of drug-likeness (QED) is 0.499. The third kappa shape index (κ3) is 5.85. The van der Waals surface area contributed by atoms with Gasteiger partial charge in [-0.15, -0.1) is 0 Å². The lowest BCUT2D eigenvalue weighted by Crippen LogP contribution is -2.38. The molecule has 0 bridgehead atoms. The van der Waals surface area contributed by atoms with Gasteiger partial charge in [-0.05, 0) is 57.8 Å². The molecule has 1 aromatic carbocycles. The largest absolute Gasteiger partial charge is 0.496 e. The van der Waals surface area contributed by atoms with Gasteiger partial charge in [0, 0.05) is 50.0 Å².